The van der Waals surface area contributed by atoms with Crippen molar-refractivity contribution in [3.8, 4) is 0 Å². The lowest BCUT2D eigenvalue weighted by atomic mass is 9.74. The molecule has 0 radical (unpaired) electrons. The molecular formula is C16H28N2O3. The molecule has 0 aromatic carbocycles. The van der Waals surface area contributed by atoms with E-state index in [0.29, 0.717) is 18.3 Å². The van der Waals surface area contributed by atoms with Gasteiger partial charge in [0.25, 0.3) is 0 Å². The first kappa shape index (κ1) is 16.3. The Morgan fingerprint density at radius 2 is 2.10 bits per heavy atom. The number of aliphatic carboxylic acids is 1. The van der Waals surface area contributed by atoms with E-state index in [1.54, 1.807) is 0 Å². The van der Waals surface area contributed by atoms with Gasteiger partial charge in [-0.25, -0.2) is 0 Å². The summed E-state index contributed by atoms with van der Waals surface area (Å²) >= 11 is 0. The number of amides is 1. The molecule has 2 saturated heterocycles. The molecule has 5 heteroatoms. The normalized spacial score (nSPS) is 26.9. The van der Waals surface area contributed by atoms with Gasteiger partial charge in [-0.3, -0.25) is 9.59 Å². The summed E-state index contributed by atoms with van der Waals surface area (Å²) in [4.78, 5) is 25.4. The second-order valence-corrected chi connectivity index (χ2v) is 7.10. The first-order valence-electron chi connectivity index (χ1n) is 8.13. The van der Waals surface area contributed by atoms with E-state index in [9.17, 15) is 9.59 Å². The zero-order chi connectivity index (χ0) is 15.5. The van der Waals surface area contributed by atoms with E-state index in [1.165, 1.54) is 0 Å². The van der Waals surface area contributed by atoms with Gasteiger partial charge in [-0.15, -0.1) is 0 Å². The van der Waals surface area contributed by atoms with Crippen LogP contribution in [0, 0.1) is 17.3 Å². The molecule has 0 bridgehead atoms. The monoisotopic (exact) mass is 296 g/mol. The molecule has 0 spiro atoms. The number of carboxylic acid groups (broad SMARTS) is 1. The fourth-order valence-electron chi connectivity index (χ4n) is 3.63. The molecule has 2 fully saturated rings. The number of nitrogens with one attached hydrogen (secondary N) is 1. The highest BCUT2D eigenvalue weighted by Crippen LogP contribution is 2.35. The Morgan fingerprint density at radius 3 is 2.71 bits per heavy atom. The summed E-state index contributed by atoms with van der Waals surface area (Å²) in [5.41, 5.74) is -0.324. The molecule has 0 aromatic heterocycles. The van der Waals surface area contributed by atoms with Crippen molar-refractivity contribution in [2.45, 2.75) is 46.0 Å². The van der Waals surface area contributed by atoms with Crippen LogP contribution in [-0.2, 0) is 9.59 Å². The maximum atomic E-state index is 12.8. The molecule has 0 aliphatic carbocycles. The summed E-state index contributed by atoms with van der Waals surface area (Å²) in [6.07, 6.45) is 4.09. The van der Waals surface area contributed by atoms with Crippen molar-refractivity contribution < 1.29 is 14.7 Å². The van der Waals surface area contributed by atoms with Crippen LogP contribution in [0.15, 0.2) is 0 Å². The van der Waals surface area contributed by atoms with Crippen LogP contribution >= 0.6 is 0 Å². The molecule has 1 amide bonds. The van der Waals surface area contributed by atoms with Gasteiger partial charge in [0.15, 0.2) is 0 Å². The van der Waals surface area contributed by atoms with Crippen LogP contribution in [0.25, 0.3) is 0 Å². The molecule has 2 rings (SSSR count). The van der Waals surface area contributed by atoms with E-state index in [1.807, 2.05) is 4.90 Å². The third kappa shape index (κ3) is 3.96. The van der Waals surface area contributed by atoms with Crippen molar-refractivity contribution in [1.29, 1.82) is 0 Å². The van der Waals surface area contributed by atoms with Crippen molar-refractivity contribution in [2.24, 2.45) is 17.3 Å². The third-order valence-electron chi connectivity index (χ3n) is 5.21. The Morgan fingerprint density at radius 1 is 1.33 bits per heavy atom. The smallest absolute Gasteiger partial charge is 0.303 e. The molecular weight excluding hydrogens is 268 g/mol. The maximum Gasteiger partial charge on any atom is 0.303 e. The molecule has 2 unspecified atom stereocenters. The van der Waals surface area contributed by atoms with Crippen LogP contribution in [0.4, 0.5) is 0 Å². The second-order valence-electron chi connectivity index (χ2n) is 7.10. The first-order chi connectivity index (χ1) is 9.91. The molecule has 0 aromatic rings. The lowest BCUT2D eigenvalue weighted by Gasteiger charge is -2.38. The molecule has 2 N–H and O–H groups in total. The van der Waals surface area contributed by atoms with E-state index < -0.39 is 5.97 Å². The van der Waals surface area contributed by atoms with Gasteiger partial charge < -0.3 is 15.3 Å². The minimum atomic E-state index is -0.742. The van der Waals surface area contributed by atoms with Gasteiger partial charge >= 0.3 is 5.97 Å². The first-order valence-corrected chi connectivity index (χ1v) is 8.13. The van der Waals surface area contributed by atoms with Crippen molar-refractivity contribution in [3.05, 3.63) is 0 Å². The van der Waals surface area contributed by atoms with E-state index in [4.69, 9.17) is 5.11 Å². The predicted octanol–water partition coefficient (Wildman–Crippen LogP) is 1.73. The number of nitrogens with zero attached hydrogens (tertiary/aromatic N) is 1. The van der Waals surface area contributed by atoms with Crippen LogP contribution < -0.4 is 5.32 Å². The Bertz CT molecular complexity index is 389. The van der Waals surface area contributed by atoms with Gasteiger partial charge in [0, 0.05) is 24.9 Å². The van der Waals surface area contributed by atoms with Crippen LogP contribution in [-0.4, -0.2) is 48.1 Å². The third-order valence-corrected chi connectivity index (χ3v) is 5.21. The Kier molecular flexibility index (Phi) is 5.25. The number of carboxylic acids is 1. The molecule has 120 valence electrons. The summed E-state index contributed by atoms with van der Waals surface area (Å²) in [6.45, 7) is 7.63. The van der Waals surface area contributed by atoms with Gasteiger partial charge in [0.1, 0.15) is 0 Å². The Labute approximate surface area is 127 Å². The average Bonchev–Trinajstić information content (AvgIpc) is 2.94. The highest BCUT2D eigenvalue weighted by molar-refractivity contribution is 5.82. The second kappa shape index (κ2) is 6.77. The Balaban J connectivity index is 1.89. The topological polar surface area (TPSA) is 69.6 Å². The maximum absolute atomic E-state index is 12.8. The van der Waals surface area contributed by atoms with Crippen molar-refractivity contribution in [3.63, 3.8) is 0 Å². The highest BCUT2D eigenvalue weighted by Gasteiger charge is 2.41. The van der Waals surface area contributed by atoms with Gasteiger partial charge in [0.05, 0.1) is 0 Å². The van der Waals surface area contributed by atoms with Gasteiger partial charge in [-0.2, -0.15) is 0 Å². The van der Waals surface area contributed by atoms with Crippen LogP contribution in [0.5, 0.6) is 0 Å². The predicted molar refractivity (Wildman–Crippen MR) is 80.9 cm³/mol. The minimum absolute atomic E-state index is 0.211. The van der Waals surface area contributed by atoms with Crippen LogP contribution in [0.1, 0.15) is 46.0 Å². The van der Waals surface area contributed by atoms with E-state index in [-0.39, 0.29) is 17.7 Å². The van der Waals surface area contributed by atoms with Crippen LogP contribution in [0.3, 0.4) is 0 Å². The molecule has 2 atom stereocenters. The van der Waals surface area contributed by atoms with Crippen molar-refractivity contribution in [1.82, 2.24) is 10.2 Å². The molecule has 2 aliphatic rings. The largest absolute Gasteiger partial charge is 0.481 e. The van der Waals surface area contributed by atoms with E-state index in [0.717, 1.165) is 45.4 Å². The Hall–Kier alpha value is -1.10. The van der Waals surface area contributed by atoms with Crippen molar-refractivity contribution in [2.75, 3.05) is 26.2 Å². The van der Waals surface area contributed by atoms with Gasteiger partial charge in [0.2, 0.25) is 5.91 Å². The molecule has 2 heterocycles. The fourth-order valence-corrected chi connectivity index (χ4v) is 3.63. The molecule has 0 saturated carbocycles. The summed E-state index contributed by atoms with van der Waals surface area (Å²) in [5.74, 6) is 0.254. The number of piperidine rings is 1. The highest BCUT2D eigenvalue weighted by atomic mass is 16.4. The lowest BCUT2D eigenvalue weighted by molar-refractivity contribution is -0.142. The summed E-state index contributed by atoms with van der Waals surface area (Å²) in [6, 6.07) is 0. The number of likely N-dealkylation sites (tertiary alicyclic amines) is 1. The molecule has 5 nitrogen and oxygen atoms in total. The SMILES string of the molecule is CC(C)(C(=O)N1CCC(CCC(=O)O)C1)C1CCCNC1. The van der Waals surface area contributed by atoms with Crippen molar-refractivity contribution >= 4 is 11.9 Å². The summed E-state index contributed by atoms with van der Waals surface area (Å²) in [7, 11) is 0. The summed E-state index contributed by atoms with van der Waals surface area (Å²) < 4.78 is 0. The van der Waals surface area contributed by atoms with E-state index >= 15 is 0 Å². The number of hydrogen-bond donors (Lipinski definition) is 2. The fraction of sp³-hybridized carbons (Fsp3) is 0.875. The van der Waals surface area contributed by atoms with Crippen LogP contribution in [0.2, 0.25) is 0 Å². The minimum Gasteiger partial charge on any atom is -0.481 e. The zero-order valence-electron chi connectivity index (χ0n) is 13.2. The number of carbonyl (C=O) groups is 2. The number of rotatable bonds is 5. The average molecular weight is 296 g/mol. The molecule has 21 heavy (non-hydrogen) atoms. The number of carbonyl (C=O) groups excluding carboxylic acids is 1. The lowest BCUT2D eigenvalue weighted by Crippen LogP contribution is -2.48. The molecule has 2 aliphatic heterocycles. The standard InChI is InChI=1S/C16H28N2O3/c1-16(2,13-4-3-8-17-10-13)15(21)18-9-7-12(11-18)5-6-14(19)20/h12-13,17H,3-11H2,1-2H3,(H,19,20). The number of hydrogen-bond acceptors (Lipinski definition) is 3. The van der Waals surface area contributed by atoms with E-state index in [2.05, 4.69) is 19.2 Å². The van der Waals surface area contributed by atoms with Gasteiger partial charge in [-0.05, 0) is 50.6 Å². The zero-order valence-corrected chi connectivity index (χ0v) is 13.2. The van der Waals surface area contributed by atoms with Gasteiger partial charge in [-0.1, -0.05) is 13.8 Å². The quantitative estimate of drug-likeness (QED) is 0.810. The summed E-state index contributed by atoms with van der Waals surface area (Å²) in [5, 5.41) is 12.2.